The second kappa shape index (κ2) is 5.31. The predicted molar refractivity (Wildman–Crippen MR) is 77.4 cm³/mol. The Morgan fingerprint density at radius 2 is 1.86 bits per heavy atom. The molecule has 0 aromatic heterocycles. The summed E-state index contributed by atoms with van der Waals surface area (Å²) in [7, 11) is 0. The summed E-state index contributed by atoms with van der Waals surface area (Å²) in [6.07, 6.45) is -4.29. The van der Waals surface area contributed by atoms with Gasteiger partial charge in [-0.2, -0.15) is 13.2 Å². The third-order valence-electron chi connectivity index (χ3n) is 3.57. The largest absolute Gasteiger partial charge is 0.416 e. The van der Waals surface area contributed by atoms with Crippen LogP contribution in [0.25, 0.3) is 0 Å². The summed E-state index contributed by atoms with van der Waals surface area (Å²) in [6.45, 7) is 2.03. The van der Waals surface area contributed by atoms with Crippen molar-refractivity contribution in [2.45, 2.75) is 12.7 Å². The lowest BCUT2D eigenvalue weighted by Gasteiger charge is -2.32. The van der Waals surface area contributed by atoms with Crippen molar-refractivity contribution in [1.29, 1.82) is 0 Å². The minimum absolute atomic E-state index is 0.475. The average Bonchev–Trinajstić information content (AvgIpc) is 2.47. The maximum absolute atomic E-state index is 12.8. The summed E-state index contributed by atoms with van der Waals surface area (Å²) < 4.78 is 38.3. The molecule has 1 aliphatic rings. The first-order chi connectivity index (χ1) is 10.0. The fraction of sp³-hybridized carbons (Fsp3) is 0.250. The van der Waals surface area contributed by atoms with Gasteiger partial charge in [-0.3, -0.25) is 0 Å². The molecule has 0 atom stereocenters. The van der Waals surface area contributed by atoms with Gasteiger partial charge in [0, 0.05) is 19.6 Å². The summed E-state index contributed by atoms with van der Waals surface area (Å²) in [5.74, 6) is 0. The highest BCUT2D eigenvalue weighted by Crippen LogP contribution is 2.32. The monoisotopic (exact) mass is 292 g/mol. The third-order valence-corrected chi connectivity index (χ3v) is 3.57. The lowest BCUT2D eigenvalue weighted by Crippen LogP contribution is -2.33. The summed E-state index contributed by atoms with van der Waals surface area (Å²) in [5, 5.41) is 3.29. The van der Waals surface area contributed by atoms with Crippen molar-refractivity contribution in [3.05, 3.63) is 59.7 Å². The van der Waals surface area contributed by atoms with Gasteiger partial charge in [0.15, 0.2) is 0 Å². The van der Waals surface area contributed by atoms with Crippen molar-refractivity contribution >= 4 is 11.4 Å². The molecule has 1 N–H and O–H groups in total. The van der Waals surface area contributed by atoms with Gasteiger partial charge in [-0.25, -0.2) is 0 Å². The summed E-state index contributed by atoms with van der Waals surface area (Å²) in [5.41, 5.74) is 2.13. The summed E-state index contributed by atoms with van der Waals surface area (Å²) in [6, 6.07) is 13.4. The van der Waals surface area contributed by atoms with Crippen LogP contribution in [0.1, 0.15) is 11.1 Å². The molecule has 0 saturated carbocycles. The molecule has 0 bridgehead atoms. The number of halogens is 3. The van der Waals surface area contributed by atoms with E-state index < -0.39 is 11.7 Å². The number of nitrogens with one attached hydrogen (secondary N) is 1. The van der Waals surface area contributed by atoms with Crippen molar-refractivity contribution in [1.82, 2.24) is 0 Å². The standard InChI is InChI=1S/C16H15F3N2/c17-16(18,19)13-5-3-4-12(10-13)11-21-9-8-20-14-6-1-2-7-15(14)21/h1-7,10,20H,8-9,11H2. The smallest absolute Gasteiger partial charge is 0.382 e. The van der Waals surface area contributed by atoms with Gasteiger partial charge in [-0.1, -0.05) is 24.3 Å². The van der Waals surface area contributed by atoms with Gasteiger partial charge in [0.25, 0.3) is 0 Å². The predicted octanol–water partition coefficient (Wildman–Crippen LogP) is 4.14. The minimum Gasteiger partial charge on any atom is -0.382 e. The van der Waals surface area contributed by atoms with Gasteiger partial charge in [-0.05, 0) is 29.8 Å². The van der Waals surface area contributed by atoms with Gasteiger partial charge >= 0.3 is 6.18 Å². The molecule has 2 aromatic carbocycles. The minimum atomic E-state index is -4.29. The molecule has 0 spiro atoms. The lowest BCUT2D eigenvalue weighted by atomic mass is 10.1. The maximum atomic E-state index is 12.8. The van der Waals surface area contributed by atoms with E-state index in [1.807, 2.05) is 24.3 Å². The van der Waals surface area contributed by atoms with Crippen LogP contribution in [-0.2, 0) is 12.7 Å². The highest BCUT2D eigenvalue weighted by atomic mass is 19.4. The molecule has 0 saturated heterocycles. The molecule has 0 aliphatic carbocycles. The van der Waals surface area contributed by atoms with E-state index in [4.69, 9.17) is 0 Å². The number of hydrogen-bond acceptors (Lipinski definition) is 2. The zero-order valence-electron chi connectivity index (χ0n) is 11.3. The van der Waals surface area contributed by atoms with E-state index in [9.17, 15) is 13.2 Å². The summed E-state index contributed by atoms with van der Waals surface area (Å²) in [4.78, 5) is 2.10. The maximum Gasteiger partial charge on any atom is 0.416 e. The van der Waals surface area contributed by atoms with Crippen molar-refractivity contribution in [2.24, 2.45) is 0 Å². The van der Waals surface area contributed by atoms with Crippen LogP contribution in [0, 0.1) is 0 Å². The van der Waals surface area contributed by atoms with Crippen LogP contribution in [0.5, 0.6) is 0 Å². The molecule has 0 unspecified atom stereocenters. The van der Waals surface area contributed by atoms with Crippen molar-refractivity contribution in [2.75, 3.05) is 23.3 Å². The van der Waals surface area contributed by atoms with Crippen LogP contribution in [0.3, 0.4) is 0 Å². The number of nitrogens with zero attached hydrogens (tertiary/aromatic N) is 1. The molecule has 3 rings (SSSR count). The first-order valence-electron chi connectivity index (χ1n) is 6.78. The van der Waals surface area contributed by atoms with Crippen LogP contribution in [0.15, 0.2) is 48.5 Å². The number of rotatable bonds is 2. The zero-order chi connectivity index (χ0) is 14.9. The van der Waals surface area contributed by atoms with Crippen molar-refractivity contribution in [3.8, 4) is 0 Å². The number of alkyl halides is 3. The SMILES string of the molecule is FC(F)(F)c1cccc(CN2CCNc3ccccc32)c1. The van der Waals surface area contributed by atoms with Crippen LogP contribution >= 0.6 is 0 Å². The molecule has 0 radical (unpaired) electrons. The Morgan fingerprint density at radius 1 is 1.05 bits per heavy atom. The molecule has 21 heavy (non-hydrogen) atoms. The zero-order valence-corrected chi connectivity index (χ0v) is 11.3. The number of anilines is 2. The molecular formula is C16H15F3N2. The first-order valence-corrected chi connectivity index (χ1v) is 6.78. The molecule has 0 fully saturated rings. The Morgan fingerprint density at radius 3 is 2.67 bits per heavy atom. The Balaban J connectivity index is 1.85. The molecule has 0 amide bonds. The van der Waals surface area contributed by atoms with Crippen LogP contribution in [0.2, 0.25) is 0 Å². The topological polar surface area (TPSA) is 15.3 Å². The fourth-order valence-electron chi connectivity index (χ4n) is 2.58. The molecule has 5 heteroatoms. The van der Waals surface area contributed by atoms with E-state index in [0.717, 1.165) is 30.5 Å². The Hall–Kier alpha value is -2.17. The van der Waals surface area contributed by atoms with E-state index in [2.05, 4.69) is 10.2 Å². The van der Waals surface area contributed by atoms with Gasteiger partial charge in [0.1, 0.15) is 0 Å². The Kier molecular flexibility index (Phi) is 3.49. The lowest BCUT2D eigenvalue weighted by molar-refractivity contribution is -0.137. The van der Waals surface area contributed by atoms with Crippen molar-refractivity contribution in [3.63, 3.8) is 0 Å². The van der Waals surface area contributed by atoms with Crippen molar-refractivity contribution < 1.29 is 13.2 Å². The number of benzene rings is 2. The van der Waals surface area contributed by atoms with Gasteiger partial charge in [0.05, 0.1) is 16.9 Å². The Labute approximate surface area is 121 Å². The van der Waals surface area contributed by atoms with E-state index in [1.165, 1.54) is 12.1 Å². The molecule has 2 nitrogen and oxygen atoms in total. The highest BCUT2D eigenvalue weighted by Gasteiger charge is 2.30. The highest BCUT2D eigenvalue weighted by molar-refractivity contribution is 5.71. The average molecular weight is 292 g/mol. The molecule has 1 heterocycles. The Bertz CT molecular complexity index is 637. The second-order valence-electron chi connectivity index (χ2n) is 5.06. The fourth-order valence-corrected chi connectivity index (χ4v) is 2.58. The van der Waals surface area contributed by atoms with Crippen LogP contribution < -0.4 is 10.2 Å². The van der Waals surface area contributed by atoms with Gasteiger partial charge in [0.2, 0.25) is 0 Å². The van der Waals surface area contributed by atoms with E-state index >= 15 is 0 Å². The van der Waals surface area contributed by atoms with E-state index in [1.54, 1.807) is 6.07 Å². The van der Waals surface area contributed by atoms with Crippen LogP contribution in [0.4, 0.5) is 24.5 Å². The molecule has 1 aliphatic heterocycles. The molecule has 110 valence electrons. The molecular weight excluding hydrogens is 277 g/mol. The third kappa shape index (κ3) is 2.96. The van der Waals surface area contributed by atoms with Gasteiger partial charge < -0.3 is 10.2 Å². The molecule has 2 aromatic rings. The number of para-hydroxylation sites is 2. The second-order valence-corrected chi connectivity index (χ2v) is 5.06. The first kappa shape index (κ1) is 13.8. The van der Waals surface area contributed by atoms with Crippen LogP contribution in [-0.4, -0.2) is 13.1 Å². The quantitative estimate of drug-likeness (QED) is 0.895. The number of fused-ring (bicyclic) bond motifs is 1. The summed E-state index contributed by atoms with van der Waals surface area (Å²) >= 11 is 0. The van der Waals surface area contributed by atoms with E-state index in [0.29, 0.717) is 12.1 Å². The normalized spacial score (nSPS) is 14.5. The van der Waals surface area contributed by atoms with Gasteiger partial charge in [-0.15, -0.1) is 0 Å². The van der Waals surface area contributed by atoms with E-state index in [-0.39, 0.29) is 0 Å². The number of hydrogen-bond donors (Lipinski definition) is 1.